The highest BCUT2D eigenvalue weighted by Gasteiger charge is 2.11. The number of amides is 1. The van der Waals surface area contributed by atoms with Crippen molar-refractivity contribution in [3.8, 4) is 0 Å². The summed E-state index contributed by atoms with van der Waals surface area (Å²) in [7, 11) is 0. The van der Waals surface area contributed by atoms with Crippen molar-refractivity contribution in [3.63, 3.8) is 0 Å². The predicted molar refractivity (Wildman–Crippen MR) is 89.5 cm³/mol. The molecule has 118 valence electrons. The molecule has 10 heteroatoms. The molecule has 0 aliphatic heterocycles. The van der Waals surface area contributed by atoms with Gasteiger partial charge in [-0.1, -0.05) is 11.3 Å². The third-order valence-electron chi connectivity index (χ3n) is 2.70. The van der Waals surface area contributed by atoms with Gasteiger partial charge in [0, 0.05) is 11.4 Å². The number of nitrogens with one attached hydrogen (secondary N) is 1. The van der Waals surface area contributed by atoms with Gasteiger partial charge in [0.2, 0.25) is 11.0 Å². The molecular weight excluding hydrogens is 339 g/mol. The Morgan fingerprint density at radius 3 is 2.96 bits per heavy atom. The first kappa shape index (κ1) is 15.3. The quantitative estimate of drug-likeness (QED) is 0.491. The molecule has 0 saturated carbocycles. The molecule has 3 rings (SSSR count). The molecule has 2 aromatic heterocycles. The lowest BCUT2D eigenvalue weighted by Crippen LogP contribution is -2.21. The Morgan fingerprint density at radius 2 is 2.17 bits per heavy atom. The van der Waals surface area contributed by atoms with Crippen molar-refractivity contribution >= 4 is 55.0 Å². The van der Waals surface area contributed by atoms with Crippen LogP contribution in [0.4, 0.5) is 14.7 Å². The van der Waals surface area contributed by atoms with Crippen molar-refractivity contribution in [1.29, 1.82) is 0 Å². The number of aromatic nitrogens is 2. The minimum atomic E-state index is -0.365. The van der Waals surface area contributed by atoms with Gasteiger partial charge in [0.15, 0.2) is 11.1 Å². The second-order valence-corrected chi connectivity index (χ2v) is 6.38. The van der Waals surface area contributed by atoms with E-state index in [4.69, 9.17) is 11.5 Å². The second kappa shape index (κ2) is 6.26. The first-order valence-electron chi connectivity index (χ1n) is 6.39. The van der Waals surface area contributed by atoms with E-state index >= 15 is 0 Å². The first-order valence-corrected chi connectivity index (χ1v) is 8.09. The fourth-order valence-electron chi connectivity index (χ4n) is 1.82. The smallest absolute Gasteiger partial charge is 0.232 e. The fraction of sp³-hybridized carbons (Fsp3) is 0.0769. The zero-order chi connectivity index (χ0) is 16.4. The number of anilines is 1. The monoisotopic (exact) mass is 350 g/mol. The van der Waals surface area contributed by atoms with Crippen molar-refractivity contribution in [3.05, 3.63) is 35.1 Å². The molecule has 7 nitrogen and oxygen atoms in total. The molecule has 0 aliphatic rings. The summed E-state index contributed by atoms with van der Waals surface area (Å²) in [6.45, 7) is 0. The molecule has 3 aromatic rings. The number of guanidine groups is 1. The summed E-state index contributed by atoms with van der Waals surface area (Å²) in [5, 5.41) is 5.18. The summed E-state index contributed by atoms with van der Waals surface area (Å²) in [6, 6.07) is 4.30. The maximum absolute atomic E-state index is 13.1. The average molecular weight is 350 g/mol. The molecule has 0 spiro atoms. The Hall–Kier alpha value is -2.59. The highest BCUT2D eigenvalue weighted by atomic mass is 32.1. The highest BCUT2D eigenvalue weighted by molar-refractivity contribution is 7.22. The SMILES string of the molecule is NC(N)=Nc1nc(CC(=O)Nc2nc3cc(F)ccc3s2)cs1. The van der Waals surface area contributed by atoms with Crippen molar-refractivity contribution in [2.75, 3.05) is 5.32 Å². The molecule has 1 aromatic carbocycles. The van der Waals surface area contributed by atoms with Gasteiger partial charge in [0.25, 0.3) is 0 Å². The van der Waals surface area contributed by atoms with Gasteiger partial charge in [-0.15, -0.1) is 11.3 Å². The van der Waals surface area contributed by atoms with Crippen LogP contribution in [0, 0.1) is 5.82 Å². The summed E-state index contributed by atoms with van der Waals surface area (Å²) in [6.07, 6.45) is 0.0702. The van der Waals surface area contributed by atoms with Crippen LogP contribution in [-0.4, -0.2) is 21.8 Å². The normalized spacial score (nSPS) is 10.7. The average Bonchev–Trinajstić information content (AvgIpc) is 3.03. The van der Waals surface area contributed by atoms with Crippen LogP contribution in [0.2, 0.25) is 0 Å². The van der Waals surface area contributed by atoms with Crippen LogP contribution in [0.1, 0.15) is 5.69 Å². The number of nitrogens with zero attached hydrogens (tertiary/aromatic N) is 3. The van der Waals surface area contributed by atoms with Crippen molar-refractivity contribution in [2.24, 2.45) is 16.5 Å². The number of rotatable bonds is 4. The molecule has 23 heavy (non-hydrogen) atoms. The van der Waals surface area contributed by atoms with E-state index in [0.29, 0.717) is 21.5 Å². The lowest BCUT2D eigenvalue weighted by Gasteiger charge is -1.98. The molecular formula is C13H11FN6OS2. The number of hydrogen-bond acceptors (Lipinski definition) is 6. The Kier molecular flexibility index (Phi) is 4.17. The van der Waals surface area contributed by atoms with Crippen LogP contribution in [0.15, 0.2) is 28.6 Å². The Bertz CT molecular complexity index is 899. The minimum Gasteiger partial charge on any atom is -0.370 e. The molecule has 0 radical (unpaired) electrons. The number of fused-ring (bicyclic) bond motifs is 1. The number of halogens is 1. The van der Waals surface area contributed by atoms with Gasteiger partial charge in [-0.2, -0.15) is 4.99 Å². The molecule has 0 atom stereocenters. The van der Waals surface area contributed by atoms with E-state index in [2.05, 4.69) is 20.3 Å². The molecule has 0 saturated heterocycles. The van der Waals surface area contributed by atoms with E-state index < -0.39 is 0 Å². The zero-order valence-electron chi connectivity index (χ0n) is 11.6. The van der Waals surface area contributed by atoms with E-state index in [0.717, 1.165) is 4.70 Å². The van der Waals surface area contributed by atoms with Gasteiger partial charge in [-0.25, -0.2) is 14.4 Å². The Morgan fingerprint density at radius 1 is 1.35 bits per heavy atom. The minimum absolute atomic E-state index is 0.0702. The molecule has 0 bridgehead atoms. The number of aliphatic imine (C=N–C) groups is 1. The number of hydrogen-bond donors (Lipinski definition) is 3. The third kappa shape index (κ3) is 3.79. The molecule has 0 unspecified atom stereocenters. The summed E-state index contributed by atoms with van der Waals surface area (Å²) in [4.78, 5) is 24.1. The number of nitrogens with two attached hydrogens (primary N) is 2. The van der Waals surface area contributed by atoms with Gasteiger partial charge >= 0.3 is 0 Å². The van der Waals surface area contributed by atoms with Crippen LogP contribution in [0.25, 0.3) is 10.2 Å². The third-order valence-corrected chi connectivity index (χ3v) is 4.44. The van der Waals surface area contributed by atoms with Crippen LogP contribution >= 0.6 is 22.7 Å². The van der Waals surface area contributed by atoms with Crippen LogP contribution < -0.4 is 16.8 Å². The lowest BCUT2D eigenvalue weighted by molar-refractivity contribution is -0.115. The first-order chi connectivity index (χ1) is 11.0. The van der Waals surface area contributed by atoms with E-state index in [1.54, 1.807) is 11.4 Å². The van der Waals surface area contributed by atoms with Crippen molar-refractivity contribution < 1.29 is 9.18 Å². The molecule has 5 N–H and O–H groups in total. The molecule has 0 aliphatic carbocycles. The van der Waals surface area contributed by atoms with E-state index in [1.807, 2.05) is 0 Å². The van der Waals surface area contributed by atoms with Gasteiger partial charge in [0.1, 0.15) is 5.82 Å². The highest BCUT2D eigenvalue weighted by Crippen LogP contribution is 2.26. The Balaban J connectivity index is 1.68. The molecule has 2 heterocycles. The second-order valence-electron chi connectivity index (χ2n) is 4.51. The van der Waals surface area contributed by atoms with Crippen LogP contribution in [0.5, 0.6) is 0 Å². The Labute approximate surface area is 137 Å². The van der Waals surface area contributed by atoms with Crippen molar-refractivity contribution in [2.45, 2.75) is 6.42 Å². The number of carbonyl (C=O) groups is 1. The van der Waals surface area contributed by atoms with E-state index in [1.165, 1.54) is 34.8 Å². The standard InChI is InChI=1S/C13H11FN6OS2/c14-6-1-2-9-8(3-6)18-13(23-9)19-10(21)4-7-5-22-12(17-7)20-11(15)16/h1-3,5H,4H2,(H,18,19,21)(H4,15,16,17,20). The van der Waals surface area contributed by atoms with Crippen molar-refractivity contribution in [1.82, 2.24) is 9.97 Å². The van der Waals surface area contributed by atoms with E-state index in [9.17, 15) is 9.18 Å². The van der Waals surface area contributed by atoms with Gasteiger partial charge < -0.3 is 16.8 Å². The maximum Gasteiger partial charge on any atom is 0.232 e. The predicted octanol–water partition coefficient (Wildman–Crippen LogP) is 1.98. The fourth-order valence-corrected chi connectivity index (χ4v) is 3.39. The molecule has 1 amide bonds. The zero-order valence-corrected chi connectivity index (χ0v) is 13.2. The van der Waals surface area contributed by atoms with Crippen LogP contribution in [-0.2, 0) is 11.2 Å². The van der Waals surface area contributed by atoms with Gasteiger partial charge in [-0.3, -0.25) is 4.79 Å². The number of thiazole rings is 2. The largest absolute Gasteiger partial charge is 0.370 e. The molecule has 0 fully saturated rings. The summed E-state index contributed by atoms with van der Waals surface area (Å²) in [5.74, 6) is -0.724. The summed E-state index contributed by atoms with van der Waals surface area (Å²) < 4.78 is 13.9. The van der Waals surface area contributed by atoms with E-state index in [-0.39, 0.29) is 24.1 Å². The van der Waals surface area contributed by atoms with Gasteiger partial charge in [0.05, 0.1) is 22.3 Å². The lowest BCUT2D eigenvalue weighted by atomic mass is 10.3. The maximum atomic E-state index is 13.1. The van der Waals surface area contributed by atoms with Gasteiger partial charge in [-0.05, 0) is 12.1 Å². The number of carbonyl (C=O) groups excluding carboxylic acids is 1. The number of benzene rings is 1. The topological polar surface area (TPSA) is 119 Å². The van der Waals surface area contributed by atoms with Crippen LogP contribution in [0.3, 0.4) is 0 Å². The summed E-state index contributed by atoms with van der Waals surface area (Å²) >= 11 is 2.51. The summed E-state index contributed by atoms with van der Waals surface area (Å²) in [5.41, 5.74) is 11.6.